The normalized spacial score (nSPS) is 18.2. The molecule has 1 saturated heterocycles. The van der Waals surface area contributed by atoms with Crippen molar-refractivity contribution < 1.29 is 19.1 Å². The van der Waals surface area contributed by atoms with Gasteiger partial charge in [-0.25, -0.2) is 9.18 Å². The van der Waals surface area contributed by atoms with Crippen LogP contribution >= 0.6 is 0 Å². The quantitative estimate of drug-likeness (QED) is 0.925. The average Bonchev–Trinajstić information content (AvgIpc) is 2.53. The Kier molecular flexibility index (Phi) is 3.98. The van der Waals surface area contributed by atoms with Gasteiger partial charge in [0.25, 0.3) is 5.91 Å². The van der Waals surface area contributed by atoms with Crippen molar-refractivity contribution in [2.75, 3.05) is 6.54 Å². The molecular weight excluding hydrogens is 299 g/mol. The molecule has 1 aliphatic rings. The van der Waals surface area contributed by atoms with Crippen molar-refractivity contribution >= 4 is 22.8 Å². The van der Waals surface area contributed by atoms with E-state index in [-0.39, 0.29) is 11.7 Å². The summed E-state index contributed by atoms with van der Waals surface area (Å²) in [6.07, 6.45) is 2.06. The summed E-state index contributed by atoms with van der Waals surface area (Å²) in [6.45, 7) is 2.11. The molecule has 0 spiro atoms. The number of carbonyl (C=O) groups excluding carboxylic acids is 1. The zero-order chi connectivity index (χ0) is 16.6. The van der Waals surface area contributed by atoms with Crippen molar-refractivity contribution in [1.82, 2.24) is 9.88 Å². The maximum atomic E-state index is 13.3. The van der Waals surface area contributed by atoms with Crippen LogP contribution in [-0.4, -0.2) is 39.5 Å². The number of pyridine rings is 1. The maximum Gasteiger partial charge on any atom is 0.326 e. The van der Waals surface area contributed by atoms with Gasteiger partial charge in [0.2, 0.25) is 0 Å². The lowest BCUT2D eigenvalue weighted by Crippen LogP contribution is -2.48. The minimum absolute atomic E-state index is 0.326. The Hall–Kier alpha value is -2.50. The first-order chi connectivity index (χ1) is 11.0. The van der Waals surface area contributed by atoms with Gasteiger partial charge in [-0.2, -0.15) is 0 Å². The van der Waals surface area contributed by atoms with Gasteiger partial charge >= 0.3 is 5.97 Å². The van der Waals surface area contributed by atoms with Crippen LogP contribution in [-0.2, 0) is 4.79 Å². The van der Waals surface area contributed by atoms with E-state index in [1.807, 2.05) is 0 Å². The molecule has 1 N–H and O–H groups in total. The Labute approximate surface area is 132 Å². The number of carboxylic acid groups (broad SMARTS) is 1. The second-order valence-corrected chi connectivity index (χ2v) is 5.81. The zero-order valence-electron chi connectivity index (χ0n) is 12.8. The van der Waals surface area contributed by atoms with Gasteiger partial charge in [-0.1, -0.05) is 0 Å². The second kappa shape index (κ2) is 5.95. The Bertz CT molecular complexity index is 791. The van der Waals surface area contributed by atoms with Crippen LogP contribution < -0.4 is 0 Å². The van der Waals surface area contributed by atoms with Crippen LogP contribution in [0.4, 0.5) is 4.39 Å². The van der Waals surface area contributed by atoms with Gasteiger partial charge in [0.05, 0.1) is 16.8 Å². The highest BCUT2D eigenvalue weighted by Gasteiger charge is 2.33. The lowest BCUT2D eigenvalue weighted by molar-refractivity contribution is -0.143. The molecule has 1 aromatic carbocycles. The molecule has 2 aromatic rings. The van der Waals surface area contributed by atoms with Crippen LogP contribution in [0, 0.1) is 12.7 Å². The van der Waals surface area contributed by atoms with Crippen LogP contribution in [0.5, 0.6) is 0 Å². The summed E-state index contributed by atoms with van der Waals surface area (Å²) in [5, 5.41) is 9.98. The largest absolute Gasteiger partial charge is 0.480 e. The predicted molar refractivity (Wildman–Crippen MR) is 82.7 cm³/mol. The highest BCUT2D eigenvalue weighted by Crippen LogP contribution is 2.23. The molecule has 6 heteroatoms. The SMILES string of the molecule is Cc1nc2cc(F)ccc2cc1C(=O)N1CCCCC1C(=O)O. The third kappa shape index (κ3) is 2.88. The van der Waals surface area contributed by atoms with E-state index in [9.17, 15) is 19.1 Å². The highest BCUT2D eigenvalue weighted by atomic mass is 19.1. The molecule has 1 fully saturated rings. The van der Waals surface area contributed by atoms with Crippen LogP contribution in [0.3, 0.4) is 0 Å². The molecular formula is C17H17FN2O3. The lowest BCUT2D eigenvalue weighted by Gasteiger charge is -2.33. The number of hydrogen-bond donors (Lipinski definition) is 1. The molecule has 0 radical (unpaired) electrons. The van der Waals surface area contributed by atoms with Crippen molar-refractivity contribution in [2.45, 2.75) is 32.2 Å². The van der Waals surface area contributed by atoms with Gasteiger partial charge in [-0.15, -0.1) is 0 Å². The first kappa shape index (κ1) is 15.4. The number of nitrogens with zero attached hydrogens (tertiary/aromatic N) is 2. The fraction of sp³-hybridized carbons (Fsp3) is 0.353. The molecule has 1 unspecified atom stereocenters. The van der Waals surface area contributed by atoms with Crippen molar-refractivity contribution in [2.24, 2.45) is 0 Å². The van der Waals surface area contributed by atoms with E-state index < -0.39 is 12.0 Å². The number of carbonyl (C=O) groups is 2. The van der Waals surface area contributed by atoms with Crippen LogP contribution in [0.2, 0.25) is 0 Å². The van der Waals surface area contributed by atoms with Gasteiger partial charge in [0, 0.05) is 18.0 Å². The van der Waals surface area contributed by atoms with Crippen LogP contribution in [0.25, 0.3) is 10.9 Å². The van der Waals surface area contributed by atoms with Gasteiger partial charge in [-0.05, 0) is 44.4 Å². The third-order valence-corrected chi connectivity index (χ3v) is 4.25. The van der Waals surface area contributed by atoms with E-state index in [0.29, 0.717) is 35.1 Å². The monoisotopic (exact) mass is 316 g/mol. The number of carboxylic acids is 1. The summed E-state index contributed by atoms with van der Waals surface area (Å²) in [4.78, 5) is 29.9. The Morgan fingerprint density at radius 1 is 1.30 bits per heavy atom. The molecule has 1 aromatic heterocycles. The molecule has 1 amide bonds. The molecule has 5 nitrogen and oxygen atoms in total. The summed E-state index contributed by atoms with van der Waals surface area (Å²) < 4.78 is 13.3. The fourth-order valence-electron chi connectivity index (χ4n) is 3.04. The minimum Gasteiger partial charge on any atom is -0.480 e. The van der Waals surface area contributed by atoms with Gasteiger partial charge in [0.1, 0.15) is 11.9 Å². The van der Waals surface area contributed by atoms with E-state index in [1.54, 1.807) is 19.1 Å². The van der Waals surface area contributed by atoms with E-state index in [1.165, 1.54) is 17.0 Å². The molecule has 3 rings (SSSR count). The van der Waals surface area contributed by atoms with E-state index in [2.05, 4.69) is 4.98 Å². The topological polar surface area (TPSA) is 70.5 Å². The number of fused-ring (bicyclic) bond motifs is 1. The van der Waals surface area contributed by atoms with Gasteiger partial charge < -0.3 is 10.0 Å². The van der Waals surface area contributed by atoms with E-state index in [4.69, 9.17) is 0 Å². The third-order valence-electron chi connectivity index (χ3n) is 4.25. The molecule has 0 aliphatic carbocycles. The van der Waals surface area contributed by atoms with Crippen molar-refractivity contribution in [3.63, 3.8) is 0 Å². The standard InChI is InChI=1S/C17H17FN2O3/c1-10-13(8-11-5-6-12(18)9-14(11)19-10)16(21)20-7-3-2-4-15(20)17(22)23/h5-6,8-9,15H,2-4,7H2,1H3,(H,22,23). The Balaban J connectivity index is 2.01. The number of halogens is 1. The number of amides is 1. The molecule has 0 saturated carbocycles. The minimum atomic E-state index is -0.980. The Morgan fingerprint density at radius 3 is 2.83 bits per heavy atom. The molecule has 1 atom stereocenters. The number of piperidine rings is 1. The molecule has 0 bridgehead atoms. The number of aliphatic carboxylic acids is 1. The van der Waals surface area contributed by atoms with Crippen molar-refractivity contribution in [3.05, 3.63) is 41.3 Å². The molecule has 1 aliphatic heterocycles. The summed E-state index contributed by atoms with van der Waals surface area (Å²) in [6, 6.07) is 5.07. The summed E-state index contributed by atoms with van der Waals surface area (Å²) >= 11 is 0. The number of aryl methyl sites for hydroxylation is 1. The van der Waals surface area contributed by atoms with Crippen molar-refractivity contribution in [3.8, 4) is 0 Å². The number of benzene rings is 1. The first-order valence-corrected chi connectivity index (χ1v) is 7.58. The smallest absolute Gasteiger partial charge is 0.326 e. The van der Waals surface area contributed by atoms with Crippen molar-refractivity contribution in [1.29, 1.82) is 0 Å². The summed E-state index contributed by atoms with van der Waals surface area (Å²) in [5.74, 6) is -1.69. The van der Waals surface area contributed by atoms with Crippen LogP contribution in [0.15, 0.2) is 24.3 Å². The predicted octanol–water partition coefficient (Wildman–Crippen LogP) is 2.76. The Morgan fingerprint density at radius 2 is 2.09 bits per heavy atom. The van der Waals surface area contributed by atoms with Gasteiger partial charge in [0.15, 0.2) is 0 Å². The first-order valence-electron chi connectivity index (χ1n) is 7.58. The summed E-state index contributed by atoms with van der Waals surface area (Å²) in [5.41, 5.74) is 1.33. The van der Waals surface area contributed by atoms with E-state index >= 15 is 0 Å². The average molecular weight is 316 g/mol. The molecule has 2 heterocycles. The maximum absolute atomic E-state index is 13.3. The van der Waals surface area contributed by atoms with Crippen LogP contribution in [0.1, 0.15) is 35.3 Å². The lowest BCUT2D eigenvalue weighted by atomic mass is 10.00. The molecule has 23 heavy (non-hydrogen) atoms. The molecule has 120 valence electrons. The zero-order valence-corrected chi connectivity index (χ0v) is 12.8. The number of hydrogen-bond acceptors (Lipinski definition) is 3. The number of rotatable bonds is 2. The van der Waals surface area contributed by atoms with Gasteiger partial charge in [-0.3, -0.25) is 9.78 Å². The second-order valence-electron chi connectivity index (χ2n) is 5.81. The number of aromatic nitrogens is 1. The highest BCUT2D eigenvalue weighted by molar-refractivity contribution is 6.00. The summed E-state index contributed by atoms with van der Waals surface area (Å²) in [7, 11) is 0. The fourth-order valence-corrected chi connectivity index (χ4v) is 3.04. The van der Waals surface area contributed by atoms with E-state index in [0.717, 1.165) is 12.8 Å². The number of likely N-dealkylation sites (tertiary alicyclic amines) is 1.